The third-order valence-corrected chi connectivity index (χ3v) is 7.15. The molecule has 1 heterocycles. The summed E-state index contributed by atoms with van der Waals surface area (Å²) in [7, 11) is 0. The van der Waals surface area contributed by atoms with Crippen LogP contribution in [0.3, 0.4) is 0 Å². The Hall–Kier alpha value is -2.59. The lowest BCUT2D eigenvalue weighted by atomic mass is 10.1. The fraction of sp³-hybridized carbons (Fsp3) is 0.0800. The van der Waals surface area contributed by atoms with Gasteiger partial charge in [0, 0.05) is 14.5 Å². The van der Waals surface area contributed by atoms with Crippen molar-refractivity contribution in [2.75, 3.05) is 11.9 Å². The highest BCUT2D eigenvalue weighted by molar-refractivity contribution is 9.10. The number of ether oxygens (including phenoxy) is 1. The smallest absolute Gasteiger partial charge is 0.293 e. The number of hydrogen-bond donors (Lipinski definition) is 1. The summed E-state index contributed by atoms with van der Waals surface area (Å²) in [6, 6.07) is 19.5. The Kier molecular flexibility index (Phi) is 8.33. The minimum absolute atomic E-state index is 0.180. The lowest BCUT2D eigenvalue weighted by Crippen LogP contribution is -2.27. The predicted molar refractivity (Wildman–Crippen MR) is 145 cm³/mol. The van der Waals surface area contributed by atoms with E-state index in [1.807, 2.05) is 24.3 Å². The predicted octanol–water partition coefficient (Wildman–Crippen LogP) is 7.12. The molecule has 0 atom stereocenters. The Morgan fingerprint density at radius 1 is 1.03 bits per heavy atom. The number of carbonyl (C=O) groups excluding carboxylic acids is 3. The number of anilines is 1. The quantitative estimate of drug-likeness (QED) is 0.280. The fourth-order valence-electron chi connectivity index (χ4n) is 3.21. The highest BCUT2D eigenvalue weighted by Gasteiger charge is 2.35. The Labute approximate surface area is 227 Å². The summed E-state index contributed by atoms with van der Waals surface area (Å²) >= 11 is 13.7. The number of para-hydroxylation sites is 1. The van der Waals surface area contributed by atoms with Crippen LogP contribution >= 0.6 is 55.2 Å². The number of amides is 3. The van der Waals surface area contributed by atoms with E-state index < -0.39 is 0 Å². The van der Waals surface area contributed by atoms with Crippen molar-refractivity contribution in [1.82, 2.24) is 4.90 Å². The maximum atomic E-state index is 13.0. The van der Waals surface area contributed by atoms with Gasteiger partial charge in [0.15, 0.2) is 6.61 Å². The second kappa shape index (κ2) is 11.4. The van der Waals surface area contributed by atoms with Crippen molar-refractivity contribution in [3.8, 4) is 5.75 Å². The Morgan fingerprint density at radius 3 is 2.49 bits per heavy atom. The third kappa shape index (κ3) is 6.55. The van der Waals surface area contributed by atoms with Gasteiger partial charge in [-0.05, 0) is 65.9 Å². The summed E-state index contributed by atoms with van der Waals surface area (Å²) in [5, 5.41) is 2.77. The van der Waals surface area contributed by atoms with Gasteiger partial charge in [-0.15, -0.1) is 0 Å². The molecule has 0 aromatic heterocycles. The number of thioether (sulfide) groups is 1. The fourth-order valence-corrected chi connectivity index (χ4v) is 4.86. The van der Waals surface area contributed by atoms with Gasteiger partial charge in [-0.1, -0.05) is 67.7 Å². The molecule has 35 heavy (non-hydrogen) atoms. The maximum Gasteiger partial charge on any atom is 0.293 e. The van der Waals surface area contributed by atoms with Gasteiger partial charge in [-0.3, -0.25) is 19.3 Å². The molecule has 1 aliphatic heterocycles. The van der Waals surface area contributed by atoms with E-state index in [0.29, 0.717) is 22.0 Å². The highest BCUT2D eigenvalue weighted by atomic mass is 79.9. The van der Waals surface area contributed by atoms with Crippen LogP contribution in [-0.4, -0.2) is 28.6 Å². The summed E-state index contributed by atoms with van der Waals surface area (Å²) in [5.74, 6) is -0.380. The van der Waals surface area contributed by atoms with Crippen molar-refractivity contribution in [3.05, 3.63) is 96.7 Å². The number of benzene rings is 3. The van der Waals surface area contributed by atoms with E-state index in [-0.39, 0.29) is 35.1 Å². The first-order valence-electron chi connectivity index (χ1n) is 10.3. The lowest BCUT2D eigenvalue weighted by Gasteiger charge is -2.13. The second-order valence-electron chi connectivity index (χ2n) is 7.39. The molecule has 0 radical (unpaired) electrons. The largest absolute Gasteiger partial charge is 0.483 e. The van der Waals surface area contributed by atoms with Crippen LogP contribution in [0.4, 0.5) is 10.5 Å². The molecule has 0 bridgehead atoms. The van der Waals surface area contributed by atoms with Gasteiger partial charge in [0.05, 0.1) is 22.2 Å². The van der Waals surface area contributed by atoms with E-state index in [4.69, 9.17) is 16.3 Å². The van der Waals surface area contributed by atoms with Crippen molar-refractivity contribution in [2.45, 2.75) is 6.54 Å². The molecule has 10 heteroatoms. The van der Waals surface area contributed by atoms with E-state index in [1.165, 1.54) is 4.90 Å². The number of hydrogen-bond acceptors (Lipinski definition) is 5. The molecule has 178 valence electrons. The zero-order valence-corrected chi connectivity index (χ0v) is 22.7. The molecule has 3 aromatic carbocycles. The SMILES string of the molecule is O=C(COc1ccc(Br)cc1/C=C1\SC(=O)N(Cc2ccc(Br)cc2)C1=O)Nc1ccccc1Cl. The van der Waals surface area contributed by atoms with E-state index in [0.717, 1.165) is 26.3 Å². The molecule has 3 amide bonds. The maximum absolute atomic E-state index is 13.0. The van der Waals surface area contributed by atoms with Crippen LogP contribution in [0.5, 0.6) is 5.75 Å². The number of nitrogens with zero attached hydrogens (tertiary/aromatic N) is 1. The number of carbonyl (C=O) groups is 3. The minimum atomic E-state index is -0.387. The van der Waals surface area contributed by atoms with E-state index >= 15 is 0 Å². The van der Waals surface area contributed by atoms with Crippen molar-refractivity contribution >= 4 is 84.0 Å². The Morgan fingerprint density at radius 2 is 1.74 bits per heavy atom. The molecule has 1 N–H and O–H groups in total. The number of nitrogens with one attached hydrogen (secondary N) is 1. The first kappa shape index (κ1) is 25.5. The van der Waals surface area contributed by atoms with Crippen LogP contribution in [0.1, 0.15) is 11.1 Å². The zero-order valence-electron chi connectivity index (χ0n) is 18.0. The summed E-state index contributed by atoms with van der Waals surface area (Å²) in [4.78, 5) is 39.3. The van der Waals surface area contributed by atoms with Crippen molar-refractivity contribution in [3.63, 3.8) is 0 Å². The molecule has 3 aromatic rings. The van der Waals surface area contributed by atoms with Gasteiger partial charge in [-0.25, -0.2) is 0 Å². The van der Waals surface area contributed by atoms with Crippen molar-refractivity contribution in [1.29, 1.82) is 0 Å². The van der Waals surface area contributed by atoms with Gasteiger partial charge >= 0.3 is 0 Å². The summed E-state index contributed by atoms with van der Waals surface area (Å²) in [6.45, 7) is -0.0852. The average molecular weight is 637 g/mol. The third-order valence-electron chi connectivity index (χ3n) is 4.89. The molecule has 1 fully saturated rings. The average Bonchev–Trinajstić information content (AvgIpc) is 3.09. The van der Waals surface area contributed by atoms with Gasteiger partial charge in [-0.2, -0.15) is 0 Å². The number of halogens is 3. The number of rotatable bonds is 7. The Balaban J connectivity index is 1.48. The monoisotopic (exact) mass is 634 g/mol. The molecule has 4 rings (SSSR count). The Bertz CT molecular complexity index is 1330. The van der Waals surface area contributed by atoms with E-state index in [1.54, 1.807) is 48.5 Å². The first-order chi connectivity index (χ1) is 16.8. The summed E-state index contributed by atoms with van der Waals surface area (Å²) in [6.07, 6.45) is 1.60. The van der Waals surface area contributed by atoms with Crippen LogP contribution < -0.4 is 10.1 Å². The number of imide groups is 1. The zero-order chi connectivity index (χ0) is 24.9. The summed E-state index contributed by atoms with van der Waals surface area (Å²) in [5.41, 5.74) is 1.88. The molecule has 6 nitrogen and oxygen atoms in total. The van der Waals surface area contributed by atoms with E-state index in [2.05, 4.69) is 37.2 Å². The minimum Gasteiger partial charge on any atom is -0.483 e. The van der Waals surface area contributed by atoms with Crippen LogP contribution in [0.15, 0.2) is 80.6 Å². The topological polar surface area (TPSA) is 75.7 Å². The van der Waals surface area contributed by atoms with Gasteiger partial charge in [0.2, 0.25) is 0 Å². The normalized spacial score (nSPS) is 14.5. The standard InChI is InChI=1S/C25H17Br2ClN2O4S/c26-17-7-5-15(6-8-17)13-30-24(32)22(35-25(30)33)12-16-11-18(27)9-10-21(16)34-14-23(31)29-20-4-2-1-3-19(20)28/h1-12H,13-14H2,(H,29,31)/b22-12-. The van der Waals surface area contributed by atoms with Crippen molar-refractivity contribution < 1.29 is 19.1 Å². The molecule has 0 spiro atoms. The molecular formula is C25H17Br2ClN2O4S. The lowest BCUT2D eigenvalue weighted by molar-refractivity contribution is -0.123. The van der Waals surface area contributed by atoms with Gasteiger partial charge in [0.1, 0.15) is 5.75 Å². The van der Waals surface area contributed by atoms with Gasteiger partial charge < -0.3 is 10.1 Å². The molecular weight excluding hydrogens is 620 g/mol. The van der Waals surface area contributed by atoms with Crippen LogP contribution in [0, 0.1) is 0 Å². The highest BCUT2D eigenvalue weighted by Crippen LogP contribution is 2.36. The van der Waals surface area contributed by atoms with E-state index in [9.17, 15) is 14.4 Å². The molecule has 0 aliphatic carbocycles. The first-order valence-corrected chi connectivity index (χ1v) is 13.0. The van der Waals surface area contributed by atoms with Crippen LogP contribution in [0.2, 0.25) is 5.02 Å². The molecule has 1 aliphatic rings. The van der Waals surface area contributed by atoms with Crippen LogP contribution in [-0.2, 0) is 16.1 Å². The van der Waals surface area contributed by atoms with Crippen LogP contribution in [0.25, 0.3) is 6.08 Å². The van der Waals surface area contributed by atoms with Crippen molar-refractivity contribution in [2.24, 2.45) is 0 Å². The molecule has 0 saturated carbocycles. The molecule has 1 saturated heterocycles. The summed E-state index contributed by atoms with van der Waals surface area (Å²) < 4.78 is 7.40. The van der Waals surface area contributed by atoms with Gasteiger partial charge in [0.25, 0.3) is 17.1 Å². The second-order valence-corrected chi connectivity index (χ2v) is 10.6. The molecule has 0 unspecified atom stereocenters.